The fourth-order valence-corrected chi connectivity index (χ4v) is 5.02. The average molecular weight is 407 g/mol. The van der Waals surface area contributed by atoms with Gasteiger partial charge in [-0.25, -0.2) is 0 Å². The maximum atomic E-state index is 13.2. The van der Waals surface area contributed by atoms with Crippen LogP contribution in [0, 0.1) is 11.8 Å². The van der Waals surface area contributed by atoms with Crippen LogP contribution in [-0.4, -0.2) is 53.8 Å². The molecule has 0 bridgehead atoms. The first-order valence-corrected chi connectivity index (χ1v) is 11.0. The highest BCUT2D eigenvalue weighted by Crippen LogP contribution is 2.36. The first-order chi connectivity index (χ1) is 14.4. The molecule has 3 aliphatic rings. The van der Waals surface area contributed by atoms with Crippen LogP contribution in [0.25, 0.3) is 0 Å². The van der Waals surface area contributed by atoms with Gasteiger partial charge >= 0.3 is 0 Å². The van der Waals surface area contributed by atoms with Crippen LogP contribution in [0.5, 0.6) is 0 Å². The number of ether oxygens (including phenoxy) is 1. The van der Waals surface area contributed by atoms with Crippen LogP contribution < -0.4 is 4.90 Å². The van der Waals surface area contributed by atoms with E-state index in [1.165, 1.54) is 5.56 Å². The van der Waals surface area contributed by atoms with Gasteiger partial charge in [0.25, 0.3) is 5.91 Å². The van der Waals surface area contributed by atoms with Crippen molar-refractivity contribution in [3.05, 3.63) is 53.2 Å². The number of rotatable bonds is 2. The number of fused-ring (bicyclic) bond motifs is 2. The van der Waals surface area contributed by atoms with Crippen molar-refractivity contribution in [2.45, 2.75) is 38.7 Å². The van der Waals surface area contributed by atoms with E-state index < -0.39 is 6.10 Å². The molecule has 4 heterocycles. The topological polar surface area (TPSA) is 58.6 Å². The third-order valence-electron chi connectivity index (χ3n) is 6.76. The second-order valence-electron chi connectivity index (χ2n) is 9.89. The highest BCUT2D eigenvalue weighted by Gasteiger charge is 2.44. The van der Waals surface area contributed by atoms with Crippen molar-refractivity contribution in [1.29, 1.82) is 0 Å². The van der Waals surface area contributed by atoms with Crippen LogP contribution in [0.2, 0.25) is 0 Å². The van der Waals surface area contributed by atoms with Gasteiger partial charge in [0.15, 0.2) is 11.9 Å². The van der Waals surface area contributed by atoms with E-state index >= 15 is 0 Å². The fraction of sp³-hybridized carbons (Fsp3) is 0.542. The Kier molecular flexibility index (Phi) is 4.77. The Bertz CT molecular complexity index is 923. The van der Waals surface area contributed by atoms with E-state index in [2.05, 4.69) is 54.1 Å². The highest BCUT2D eigenvalue weighted by atomic mass is 16.5. The summed E-state index contributed by atoms with van der Waals surface area (Å²) in [5.41, 5.74) is 3.30. The second kappa shape index (κ2) is 7.34. The standard InChI is InChI=1S/C24H30N4O2/c1-24(2,3)20-8-9-21(26-25-20)27-12-17-14-28(15-18(17)13-27)23(29)22-19-7-5-4-6-16(19)10-11-30-22/h4-9,17-18,22H,10-15H2,1-3H3. The van der Waals surface area contributed by atoms with Crippen molar-refractivity contribution < 1.29 is 9.53 Å². The fourth-order valence-electron chi connectivity index (χ4n) is 5.02. The SMILES string of the molecule is CC(C)(C)c1ccc(N2CC3CN(C(=O)C4OCCc5ccccc54)CC3C2)nn1. The zero-order valence-corrected chi connectivity index (χ0v) is 18.0. The van der Waals surface area contributed by atoms with Crippen molar-refractivity contribution in [1.82, 2.24) is 15.1 Å². The maximum absolute atomic E-state index is 13.2. The first kappa shape index (κ1) is 19.5. The molecule has 1 amide bonds. The van der Waals surface area contributed by atoms with Gasteiger partial charge < -0.3 is 14.5 Å². The summed E-state index contributed by atoms with van der Waals surface area (Å²) in [6.07, 6.45) is 0.440. The second-order valence-corrected chi connectivity index (χ2v) is 9.89. The predicted molar refractivity (Wildman–Crippen MR) is 115 cm³/mol. The molecule has 0 saturated carbocycles. The number of likely N-dealkylation sites (tertiary alicyclic amines) is 1. The number of nitrogens with zero attached hydrogens (tertiary/aromatic N) is 4. The van der Waals surface area contributed by atoms with Gasteiger partial charge in [0.05, 0.1) is 12.3 Å². The molecule has 2 aromatic rings. The quantitative estimate of drug-likeness (QED) is 0.767. The van der Waals surface area contributed by atoms with Crippen LogP contribution in [0.15, 0.2) is 36.4 Å². The molecule has 3 atom stereocenters. The molecule has 5 rings (SSSR count). The van der Waals surface area contributed by atoms with E-state index in [1.54, 1.807) is 0 Å². The third-order valence-corrected chi connectivity index (χ3v) is 6.76. The lowest BCUT2D eigenvalue weighted by atomic mass is 9.92. The van der Waals surface area contributed by atoms with Crippen molar-refractivity contribution in [2.75, 3.05) is 37.7 Å². The Labute approximate surface area is 178 Å². The molecule has 3 unspecified atom stereocenters. The smallest absolute Gasteiger partial charge is 0.256 e. The van der Waals surface area contributed by atoms with Gasteiger partial charge in [-0.2, -0.15) is 5.10 Å². The zero-order valence-electron chi connectivity index (χ0n) is 18.0. The number of anilines is 1. The Morgan fingerprint density at radius 1 is 1.00 bits per heavy atom. The zero-order chi connectivity index (χ0) is 20.9. The van der Waals surface area contributed by atoms with Gasteiger partial charge in [-0.15, -0.1) is 5.10 Å². The molecule has 6 heteroatoms. The summed E-state index contributed by atoms with van der Waals surface area (Å²) in [5, 5.41) is 8.92. The number of amides is 1. The first-order valence-electron chi connectivity index (χ1n) is 11.0. The highest BCUT2D eigenvalue weighted by molar-refractivity contribution is 5.83. The lowest BCUT2D eigenvalue weighted by Crippen LogP contribution is -2.38. The lowest BCUT2D eigenvalue weighted by Gasteiger charge is -2.29. The molecule has 0 radical (unpaired) electrons. The molecule has 2 saturated heterocycles. The van der Waals surface area contributed by atoms with Gasteiger partial charge in [0.2, 0.25) is 0 Å². The number of carbonyl (C=O) groups is 1. The van der Waals surface area contributed by atoms with E-state index in [0.717, 1.165) is 49.7 Å². The maximum Gasteiger partial charge on any atom is 0.256 e. The molecule has 158 valence electrons. The van der Waals surface area contributed by atoms with Crippen molar-refractivity contribution >= 4 is 11.7 Å². The molecule has 0 N–H and O–H groups in total. The van der Waals surface area contributed by atoms with E-state index in [0.29, 0.717) is 18.4 Å². The van der Waals surface area contributed by atoms with Gasteiger partial charge in [-0.05, 0) is 29.7 Å². The largest absolute Gasteiger partial charge is 0.363 e. The molecule has 2 fully saturated rings. The minimum Gasteiger partial charge on any atom is -0.363 e. The minimum absolute atomic E-state index is 0.00766. The van der Waals surface area contributed by atoms with Gasteiger partial charge in [0, 0.05) is 43.4 Å². The molecule has 1 aromatic heterocycles. The number of hydrogen-bond donors (Lipinski definition) is 0. The molecule has 1 aromatic carbocycles. The number of aromatic nitrogens is 2. The lowest BCUT2D eigenvalue weighted by molar-refractivity contribution is -0.144. The molecule has 3 aliphatic heterocycles. The van der Waals surface area contributed by atoms with Crippen molar-refractivity contribution in [2.24, 2.45) is 11.8 Å². The van der Waals surface area contributed by atoms with E-state index in [4.69, 9.17) is 4.74 Å². The molecular formula is C24H30N4O2. The number of carbonyl (C=O) groups excluding carboxylic acids is 1. The Hall–Kier alpha value is -2.47. The van der Waals surface area contributed by atoms with Crippen LogP contribution in [-0.2, 0) is 21.4 Å². The summed E-state index contributed by atoms with van der Waals surface area (Å²) >= 11 is 0. The molecular weight excluding hydrogens is 376 g/mol. The Morgan fingerprint density at radius 3 is 2.40 bits per heavy atom. The molecule has 0 spiro atoms. The van der Waals surface area contributed by atoms with Crippen LogP contribution in [0.4, 0.5) is 5.82 Å². The van der Waals surface area contributed by atoms with Crippen LogP contribution in [0.3, 0.4) is 0 Å². The van der Waals surface area contributed by atoms with Crippen molar-refractivity contribution in [3.63, 3.8) is 0 Å². The molecule has 6 nitrogen and oxygen atoms in total. The minimum atomic E-state index is -0.444. The van der Waals surface area contributed by atoms with E-state index in [-0.39, 0.29) is 11.3 Å². The third kappa shape index (κ3) is 3.47. The summed E-state index contributed by atoms with van der Waals surface area (Å²) in [7, 11) is 0. The monoisotopic (exact) mass is 406 g/mol. The average Bonchev–Trinajstić information content (AvgIpc) is 3.32. The van der Waals surface area contributed by atoms with Gasteiger partial charge in [-0.3, -0.25) is 4.79 Å². The number of benzene rings is 1. The summed E-state index contributed by atoms with van der Waals surface area (Å²) in [4.78, 5) is 17.6. The molecule has 0 aliphatic carbocycles. The summed E-state index contributed by atoms with van der Waals surface area (Å²) in [5.74, 6) is 2.03. The van der Waals surface area contributed by atoms with Gasteiger partial charge in [-0.1, -0.05) is 45.0 Å². The predicted octanol–water partition coefficient (Wildman–Crippen LogP) is 2.98. The van der Waals surface area contributed by atoms with E-state index in [1.807, 2.05) is 23.1 Å². The van der Waals surface area contributed by atoms with Crippen molar-refractivity contribution in [3.8, 4) is 0 Å². The Morgan fingerprint density at radius 2 is 1.73 bits per heavy atom. The van der Waals surface area contributed by atoms with Gasteiger partial charge in [0.1, 0.15) is 0 Å². The van der Waals surface area contributed by atoms with Crippen LogP contribution in [0.1, 0.15) is 43.7 Å². The van der Waals surface area contributed by atoms with E-state index in [9.17, 15) is 4.79 Å². The summed E-state index contributed by atoms with van der Waals surface area (Å²) in [6, 6.07) is 12.4. The summed E-state index contributed by atoms with van der Waals surface area (Å²) in [6.45, 7) is 10.5. The Balaban J connectivity index is 1.24. The normalized spacial score (nSPS) is 25.9. The number of hydrogen-bond acceptors (Lipinski definition) is 5. The molecule has 30 heavy (non-hydrogen) atoms. The summed E-state index contributed by atoms with van der Waals surface area (Å²) < 4.78 is 5.91. The van der Waals surface area contributed by atoms with Crippen LogP contribution >= 0.6 is 0 Å².